The van der Waals surface area contributed by atoms with Crippen LogP contribution in [-0.2, 0) is 6.54 Å². The molecule has 112 valence electrons. The molecule has 0 bridgehead atoms. The van der Waals surface area contributed by atoms with Crippen LogP contribution in [0.25, 0.3) is 0 Å². The van der Waals surface area contributed by atoms with Crippen LogP contribution in [0.15, 0.2) is 24.3 Å². The summed E-state index contributed by atoms with van der Waals surface area (Å²) in [5.41, 5.74) is 3.36. The van der Waals surface area contributed by atoms with E-state index in [-0.39, 0.29) is 0 Å². The first-order valence-corrected chi connectivity index (χ1v) is 8.03. The van der Waals surface area contributed by atoms with Crippen LogP contribution in [0.3, 0.4) is 0 Å². The molecule has 20 heavy (non-hydrogen) atoms. The first kappa shape index (κ1) is 15.5. The van der Waals surface area contributed by atoms with Gasteiger partial charge in [-0.25, -0.2) is 0 Å². The highest BCUT2D eigenvalue weighted by Gasteiger charge is 2.32. The molecule has 1 saturated carbocycles. The van der Waals surface area contributed by atoms with Crippen molar-refractivity contribution in [2.24, 2.45) is 5.41 Å². The molecular weight excluding hydrogens is 244 g/mol. The molecule has 0 aromatic heterocycles. The van der Waals surface area contributed by atoms with Gasteiger partial charge in [0.1, 0.15) is 0 Å². The molecule has 1 aromatic rings. The summed E-state index contributed by atoms with van der Waals surface area (Å²) in [5, 5.41) is 3.43. The third kappa shape index (κ3) is 4.07. The zero-order valence-electron chi connectivity index (χ0n) is 13.4. The van der Waals surface area contributed by atoms with Crippen molar-refractivity contribution in [3.63, 3.8) is 0 Å². The molecule has 0 saturated heterocycles. The van der Waals surface area contributed by atoms with Gasteiger partial charge in [-0.05, 0) is 50.4 Å². The summed E-state index contributed by atoms with van der Waals surface area (Å²) in [6, 6.07) is 8.76. The van der Waals surface area contributed by atoms with E-state index in [1.165, 1.54) is 49.8 Å². The maximum atomic E-state index is 3.43. The van der Waals surface area contributed by atoms with Crippen LogP contribution in [0.4, 0.5) is 0 Å². The normalized spacial score (nSPS) is 18.4. The van der Waals surface area contributed by atoms with Gasteiger partial charge in [-0.3, -0.25) is 0 Å². The van der Waals surface area contributed by atoms with Crippen molar-refractivity contribution in [2.45, 2.75) is 45.6 Å². The maximum Gasteiger partial charge on any atom is 0.0233 e. The van der Waals surface area contributed by atoms with E-state index in [0.29, 0.717) is 5.41 Å². The quantitative estimate of drug-likeness (QED) is 0.852. The first-order chi connectivity index (χ1) is 9.65. The Kier molecular flexibility index (Phi) is 5.62. The molecule has 2 rings (SSSR count). The van der Waals surface area contributed by atoms with Crippen molar-refractivity contribution in [1.29, 1.82) is 0 Å². The topological polar surface area (TPSA) is 15.3 Å². The SMILES string of the molecule is CNCC1(CN(C)Cc2ccccc2C)CCCCC1. The summed E-state index contributed by atoms with van der Waals surface area (Å²) in [4.78, 5) is 2.52. The maximum absolute atomic E-state index is 3.43. The minimum atomic E-state index is 0.491. The van der Waals surface area contributed by atoms with Crippen LogP contribution in [-0.4, -0.2) is 32.1 Å². The third-order valence-electron chi connectivity index (χ3n) is 4.77. The number of hydrogen-bond acceptors (Lipinski definition) is 2. The summed E-state index contributed by atoms with van der Waals surface area (Å²) >= 11 is 0. The molecule has 2 nitrogen and oxygen atoms in total. The summed E-state index contributed by atoms with van der Waals surface area (Å²) in [7, 11) is 4.37. The van der Waals surface area contributed by atoms with E-state index in [2.05, 4.69) is 55.5 Å². The van der Waals surface area contributed by atoms with Gasteiger partial charge in [-0.2, -0.15) is 0 Å². The smallest absolute Gasteiger partial charge is 0.0233 e. The Hall–Kier alpha value is -0.860. The van der Waals surface area contributed by atoms with Gasteiger partial charge in [-0.15, -0.1) is 0 Å². The van der Waals surface area contributed by atoms with Crippen LogP contribution in [0, 0.1) is 12.3 Å². The van der Waals surface area contributed by atoms with E-state index in [1.807, 2.05) is 0 Å². The number of benzene rings is 1. The second-order valence-corrected chi connectivity index (χ2v) is 6.69. The molecule has 1 aliphatic carbocycles. The average Bonchev–Trinajstić information content (AvgIpc) is 2.42. The number of hydrogen-bond donors (Lipinski definition) is 1. The monoisotopic (exact) mass is 274 g/mol. The Labute approximate surface area is 124 Å². The highest BCUT2D eigenvalue weighted by atomic mass is 15.1. The van der Waals surface area contributed by atoms with E-state index in [0.717, 1.165) is 13.1 Å². The minimum Gasteiger partial charge on any atom is -0.319 e. The van der Waals surface area contributed by atoms with Crippen molar-refractivity contribution in [2.75, 3.05) is 27.2 Å². The lowest BCUT2D eigenvalue weighted by Crippen LogP contribution is -2.43. The van der Waals surface area contributed by atoms with Crippen molar-refractivity contribution in [3.8, 4) is 0 Å². The summed E-state index contributed by atoms with van der Waals surface area (Å²) < 4.78 is 0. The van der Waals surface area contributed by atoms with Gasteiger partial charge < -0.3 is 10.2 Å². The Morgan fingerprint density at radius 2 is 1.85 bits per heavy atom. The molecule has 1 aliphatic rings. The number of nitrogens with one attached hydrogen (secondary N) is 1. The number of nitrogens with zero attached hydrogens (tertiary/aromatic N) is 1. The Morgan fingerprint density at radius 3 is 2.50 bits per heavy atom. The number of rotatable bonds is 6. The molecule has 2 heteroatoms. The zero-order chi connectivity index (χ0) is 14.4. The van der Waals surface area contributed by atoms with Gasteiger partial charge in [-0.1, -0.05) is 43.5 Å². The van der Waals surface area contributed by atoms with E-state index in [9.17, 15) is 0 Å². The summed E-state index contributed by atoms with van der Waals surface area (Å²) in [6.07, 6.45) is 6.99. The molecule has 0 atom stereocenters. The van der Waals surface area contributed by atoms with Gasteiger partial charge in [0.2, 0.25) is 0 Å². The van der Waals surface area contributed by atoms with Crippen LogP contribution >= 0.6 is 0 Å². The van der Waals surface area contributed by atoms with Crippen molar-refractivity contribution < 1.29 is 0 Å². The highest BCUT2D eigenvalue weighted by Crippen LogP contribution is 2.36. The summed E-state index contributed by atoms with van der Waals surface area (Å²) in [6.45, 7) is 5.65. The first-order valence-electron chi connectivity index (χ1n) is 8.03. The molecule has 1 aromatic carbocycles. The highest BCUT2D eigenvalue weighted by molar-refractivity contribution is 5.25. The molecule has 0 radical (unpaired) electrons. The van der Waals surface area contributed by atoms with Crippen molar-refractivity contribution in [3.05, 3.63) is 35.4 Å². The predicted molar refractivity (Wildman–Crippen MR) is 87.0 cm³/mol. The molecule has 1 fully saturated rings. The largest absolute Gasteiger partial charge is 0.319 e. The molecule has 1 N–H and O–H groups in total. The fourth-order valence-electron chi connectivity index (χ4n) is 3.77. The lowest BCUT2D eigenvalue weighted by atomic mass is 9.73. The molecule has 0 unspecified atom stereocenters. The Morgan fingerprint density at radius 1 is 1.15 bits per heavy atom. The minimum absolute atomic E-state index is 0.491. The van der Waals surface area contributed by atoms with Crippen LogP contribution in [0.1, 0.15) is 43.2 Å². The molecular formula is C18H30N2. The lowest BCUT2D eigenvalue weighted by Gasteiger charge is -2.40. The van der Waals surface area contributed by atoms with Gasteiger partial charge in [0.15, 0.2) is 0 Å². The Balaban J connectivity index is 1.98. The molecule has 0 heterocycles. The van der Waals surface area contributed by atoms with E-state index in [1.54, 1.807) is 0 Å². The van der Waals surface area contributed by atoms with Gasteiger partial charge in [0, 0.05) is 19.6 Å². The van der Waals surface area contributed by atoms with Crippen LogP contribution in [0.2, 0.25) is 0 Å². The van der Waals surface area contributed by atoms with Gasteiger partial charge >= 0.3 is 0 Å². The zero-order valence-corrected chi connectivity index (χ0v) is 13.4. The standard InChI is InChI=1S/C18H30N2/c1-16-9-5-6-10-17(16)13-20(3)15-18(14-19-2)11-7-4-8-12-18/h5-6,9-10,19H,4,7-8,11-15H2,1-3H3. The van der Waals surface area contributed by atoms with Gasteiger partial charge in [0.05, 0.1) is 0 Å². The van der Waals surface area contributed by atoms with Crippen LogP contribution in [0.5, 0.6) is 0 Å². The van der Waals surface area contributed by atoms with Gasteiger partial charge in [0.25, 0.3) is 0 Å². The third-order valence-corrected chi connectivity index (χ3v) is 4.77. The summed E-state index contributed by atoms with van der Waals surface area (Å²) in [5.74, 6) is 0. The fraction of sp³-hybridized carbons (Fsp3) is 0.667. The van der Waals surface area contributed by atoms with E-state index >= 15 is 0 Å². The van der Waals surface area contributed by atoms with Crippen molar-refractivity contribution in [1.82, 2.24) is 10.2 Å². The average molecular weight is 274 g/mol. The predicted octanol–water partition coefficient (Wildman–Crippen LogP) is 3.60. The van der Waals surface area contributed by atoms with Crippen molar-refractivity contribution >= 4 is 0 Å². The Bertz CT molecular complexity index is 402. The molecule has 0 spiro atoms. The lowest BCUT2D eigenvalue weighted by molar-refractivity contribution is 0.116. The van der Waals surface area contributed by atoms with E-state index < -0.39 is 0 Å². The van der Waals surface area contributed by atoms with Crippen LogP contribution < -0.4 is 5.32 Å². The van der Waals surface area contributed by atoms with E-state index in [4.69, 9.17) is 0 Å². The molecule has 0 amide bonds. The second kappa shape index (κ2) is 7.24. The fourth-order valence-corrected chi connectivity index (χ4v) is 3.77. The molecule has 0 aliphatic heterocycles. The second-order valence-electron chi connectivity index (χ2n) is 6.69. The number of aryl methyl sites for hydroxylation is 1.